The summed E-state index contributed by atoms with van der Waals surface area (Å²) in [6.45, 7) is 4.57. The SMILES string of the molecule is CCCn1ncc(Cl)c1C(=O)c1csc(C)n1. The first-order valence-corrected chi connectivity index (χ1v) is 6.57. The maximum absolute atomic E-state index is 12.2. The highest BCUT2D eigenvalue weighted by Gasteiger charge is 2.20. The molecule has 0 aliphatic rings. The van der Waals surface area contributed by atoms with Gasteiger partial charge in [-0.25, -0.2) is 4.98 Å². The number of carbonyl (C=O) groups excluding carboxylic acids is 1. The molecule has 0 fully saturated rings. The molecule has 2 rings (SSSR count). The topological polar surface area (TPSA) is 47.8 Å². The van der Waals surface area contributed by atoms with Gasteiger partial charge in [0, 0.05) is 11.9 Å². The fourth-order valence-electron chi connectivity index (χ4n) is 1.56. The third-order valence-electron chi connectivity index (χ3n) is 2.30. The van der Waals surface area contributed by atoms with Crippen LogP contribution in [0.25, 0.3) is 0 Å². The fourth-order valence-corrected chi connectivity index (χ4v) is 2.38. The van der Waals surface area contributed by atoms with Crippen LogP contribution in [-0.2, 0) is 6.54 Å². The van der Waals surface area contributed by atoms with Crippen molar-refractivity contribution in [3.05, 3.63) is 33.0 Å². The van der Waals surface area contributed by atoms with E-state index in [1.165, 1.54) is 17.5 Å². The largest absolute Gasteiger partial charge is 0.285 e. The molecule has 90 valence electrons. The van der Waals surface area contributed by atoms with E-state index in [1.54, 1.807) is 10.1 Å². The van der Waals surface area contributed by atoms with E-state index in [1.807, 2.05) is 13.8 Å². The van der Waals surface area contributed by atoms with Gasteiger partial charge in [0.25, 0.3) is 0 Å². The van der Waals surface area contributed by atoms with Crippen LogP contribution in [0.5, 0.6) is 0 Å². The highest BCUT2D eigenvalue weighted by molar-refractivity contribution is 7.09. The van der Waals surface area contributed by atoms with Crippen LogP contribution in [0.1, 0.15) is 34.5 Å². The maximum Gasteiger partial charge on any atom is 0.231 e. The van der Waals surface area contributed by atoms with Crippen molar-refractivity contribution in [1.82, 2.24) is 14.8 Å². The van der Waals surface area contributed by atoms with E-state index < -0.39 is 0 Å². The summed E-state index contributed by atoms with van der Waals surface area (Å²) in [5, 5.41) is 7.10. The minimum absolute atomic E-state index is 0.162. The second-order valence-electron chi connectivity index (χ2n) is 3.65. The number of aromatic nitrogens is 3. The first-order chi connectivity index (χ1) is 8.13. The quantitative estimate of drug-likeness (QED) is 0.802. The first kappa shape index (κ1) is 12.3. The molecule has 0 aromatic carbocycles. The zero-order chi connectivity index (χ0) is 12.4. The highest BCUT2D eigenvalue weighted by atomic mass is 35.5. The monoisotopic (exact) mass is 269 g/mol. The van der Waals surface area contributed by atoms with E-state index in [0.717, 1.165) is 11.4 Å². The normalized spacial score (nSPS) is 10.8. The Morgan fingerprint density at radius 3 is 2.94 bits per heavy atom. The molecule has 17 heavy (non-hydrogen) atoms. The van der Waals surface area contributed by atoms with Crippen LogP contribution in [-0.4, -0.2) is 20.5 Å². The molecule has 0 spiro atoms. The number of thiazole rings is 1. The smallest absolute Gasteiger partial charge is 0.231 e. The van der Waals surface area contributed by atoms with Gasteiger partial charge in [-0.2, -0.15) is 5.10 Å². The third-order valence-corrected chi connectivity index (χ3v) is 3.35. The number of aryl methyl sites for hydroxylation is 2. The maximum atomic E-state index is 12.2. The van der Waals surface area contributed by atoms with Crippen molar-refractivity contribution in [2.24, 2.45) is 0 Å². The van der Waals surface area contributed by atoms with Crippen molar-refractivity contribution in [2.45, 2.75) is 26.8 Å². The minimum atomic E-state index is -0.162. The van der Waals surface area contributed by atoms with Crippen molar-refractivity contribution < 1.29 is 4.79 Å². The Labute approximate surface area is 108 Å². The number of ketones is 1. The summed E-state index contributed by atoms with van der Waals surface area (Å²) < 4.78 is 1.64. The average Bonchev–Trinajstić information content (AvgIpc) is 2.86. The predicted octanol–water partition coefficient (Wildman–Crippen LogP) is 2.94. The average molecular weight is 270 g/mol. The fraction of sp³-hybridized carbons (Fsp3) is 0.364. The van der Waals surface area contributed by atoms with Crippen molar-refractivity contribution in [1.29, 1.82) is 0 Å². The lowest BCUT2D eigenvalue weighted by molar-refractivity contribution is 0.102. The molecular weight excluding hydrogens is 258 g/mol. The van der Waals surface area contributed by atoms with Gasteiger partial charge >= 0.3 is 0 Å². The molecule has 0 saturated heterocycles. The first-order valence-electron chi connectivity index (χ1n) is 5.31. The summed E-state index contributed by atoms with van der Waals surface area (Å²) in [5.74, 6) is -0.162. The lowest BCUT2D eigenvalue weighted by Gasteiger charge is -2.03. The molecule has 0 aliphatic heterocycles. The van der Waals surface area contributed by atoms with Gasteiger partial charge in [0.05, 0.1) is 16.2 Å². The third kappa shape index (κ3) is 2.40. The Hall–Kier alpha value is -1.20. The standard InChI is InChI=1S/C11H12ClN3OS/c1-3-4-15-10(8(12)5-13-15)11(16)9-6-17-7(2)14-9/h5-6H,3-4H2,1-2H3. The summed E-state index contributed by atoms with van der Waals surface area (Å²) in [6.07, 6.45) is 2.40. The van der Waals surface area contributed by atoms with E-state index in [-0.39, 0.29) is 5.78 Å². The van der Waals surface area contributed by atoms with E-state index in [2.05, 4.69) is 10.1 Å². The lowest BCUT2D eigenvalue weighted by Crippen LogP contribution is -2.12. The minimum Gasteiger partial charge on any atom is -0.285 e. The molecule has 2 aromatic rings. The molecule has 0 N–H and O–H groups in total. The summed E-state index contributed by atoms with van der Waals surface area (Å²) >= 11 is 7.45. The molecule has 0 aliphatic carbocycles. The number of nitrogens with zero attached hydrogens (tertiary/aromatic N) is 3. The Morgan fingerprint density at radius 1 is 1.59 bits per heavy atom. The van der Waals surface area contributed by atoms with Crippen molar-refractivity contribution in [2.75, 3.05) is 0 Å². The van der Waals surface area contributed by atoms with Gasteiger partial charge < -0.3 is 0 Å². The summed E-state index contributed by atoms with van der Waals surface area (Å²) in [4.78, 5) is 16.4. The van der Waals surface area contributed by atoms with Gasteiger partial charge in [-0.3, -0.25) is 9.48 Å². The Bertz CT molecular complexity index is 547. The van der Waals surface area contributed by atoms with E-state index in [9.17, 15) is 4.79 Å². The summed E-state index contributed by atoms with van der Waals surface area (Å²) in [7, 11) is 0. The van der Waals surface area contributed by atoms with Crippen molar-refractivity contribution >= 4 is 28.7 Å². The van der Waals surface area contributed by atoms with Crippen molar-refractivity contribution in [3.63, 3.8) is 0 Å². The van der Waals surface area contributed by atoms with Gasteiger partial charge in [0.1, 0.15) is 11.4 Å². The Morgan fingerprint density at radius 2 is 2.35 bits per heavy atom. The van der Waals surface area contributed by atoms with Crippen molar-refractivity contribution in [3.8, 4) is 0 Å². The van der Waals surface area contributed by atoms with Gasteiger partial charge in [-0.1, -0.05) is 18.5 Å². The van der Waals surface area contributed by atoms with Gasteiger partial charge in [0.2, 0.25) is 5.78 Å². The van der Waals surface area contributed by atoms with E-state index in [4.69, 9.17) is 11.6 Å². The highest BCUT2D eigenvalue weighted by Crippen LogP contribution is 2.20. The molecule has 6 heteroatoms. The lowest BCUT2D eigenvalue weighted by atomic mass is 10.2. The number of hydrogen-bond acceptors (Lipinski definition) is 4. The van der Waals surface area contributed by atoms with Gasteiger partial charge in [-0.15, -0.1) is 11.3 Å². The Balaban J connectivity index is 2.39. The number of carbonyl (C=O) groups is 1. The molecule has 2 aromatic heterocycles. The predicted molar refractivity (Wildman–Crippen MR) is 67.8 cm³/mol. The van der Waals surface area contributed by atoms with Gasteiger partial charge in [0.15, 0.2) is 0 Å². The second-order valence-corrected chi connectivity index (χ2v) is 5.11. The molecule has 2 heterocycles. The molecule has 0 amide bonds. The Kier molecular flexibility index (Phi) is 3.59. The van der Waals surface area contributed by atoms with E-state index in [0.29, 0.717) is 23.0 Å². The molecule has 0 saturated carbocycles. The molecular formula is C11H12ClN3OS. The number of rotatable bonds is 4. The molecule has 0 atom stereocenters. The molecule has 0 unspecified atom stereocenters. The van der Waals surface area contributed by atoms with Crippen LogP contribution in [0.2, 0.25) is 5.02 Å². The zero-order valence-electron chi connectivity index (χ0n) is 9.61. The van der Waals surface area contributed by atoms with Crippen LogP contribution in [0.3, 0.4) is 0 Å². The zero-order valence-corrected chi connectivity index (χ0v) is 11.2. The van der Waals surface area contributed by atoms with Crippen LogP contribution >= 0.6 is 22.9 Å². The molecule has 4 nitrogen and oxygen atoms in total. The summed E-state index contributed by atoms with van der Waals surface area (Å²) in [6, 6.07) is 0. The van der Waals surface area contributed by atoms with Crippen LogP contribution < -0.4 is 0 Å². The van der Waals surface area contributed by atoms with Gasteiger partial charge in [-0.05, 0) is 13.3 Å². The molecule has 0 bridgehead atoms. The summed E-state index contributed by atoms with van der Waals surface area (Å²) in [5.41, 5.74) is 0.867. The number of hydrogen-bond donors (Lipinski definition) is 0. The second kappa shape index (κ2) is 4.98. The van der Waals surface area contributed by atoms with Crippen LogP contribution in [0, 0.1) is 6.92 Å². The van der Waals surface area contributed by atoms with Crippen LogP contribution in [0.4, 0.5) is 0 Å². The van der Waals surface area contributed by atoms with Crippen LogP contribution in [0.15, 0.2) is 11.6 Å². The van der Waals surface area contributed by atoms with E-state index >= 15 is 0 Å². The number of halogens is 1. The molecule has 0 radical (unpaired) electrons.